The predicted octanol–water partition coefficient (Wildman–Crippen LogP) is 4.36. The maximum absolute atomic E-state index is 14.0. The highest BCUT2D eigenvalue weighted by Gasteiger charge is 2.31. The molecule has 45 heavy (non-hydrogen) atoms. The Morgan fingerprint density at radius 3 is 2.71 bits per heavy atom. The molecule has 0 radical (unpaired) electrons. The lowest BCUT2D eigenvalue weighted by molar-refractivity contribution is 0.103. The predicted molar refractivity (Wildman–Crippen MR) is 165 cm³/mol. The minimum Gasteiger partial charge on any atom is -0.433 e. The molecule has 1 fully saturated rings. The molecule has 2 aliphatic rings. The minimum atomic E-state index is -0.841. The first kappa shape index (κ1) is 29.1. The van der Waals surface area contributed by atoms with Gasteiger partial charge in [-0.1, -0.05) is 12.1 Å². The Kier molecular flexibility index (Phi) is 7.35. The Bertz CT molecular complexity index is 1920. The smallest absolute Gasteiger partial charge is 0.219 e. The largest absolute Gasteiger partial charge is 0.433 e. The summed E-state index contributed by atoms with van der Waals surface area (Å²) in [6, 6.07) is 11.3. The number of nitrogen functional groups attached to an aromatic ring is 1. The lowest BCUT2D eigenvalue weighted by Crippen LogP contribution is -2.41. The monoisotopic (exact) mass is 613 g/mol. The molecule has 2 aromatic carbocycles. The van der Waals surface area contributed by atoms with Crippen LogP contribution in [0, 0.1) is 18.6 Å². The van der Waals surface area contributed by atoms with E-state index in [1.165, 1.54) is 40.3 Å². The number of rotatable bonds is 7. The third kappa shape index (κ3) is 5.34. The van der Waals surface area contributed by atoms with E-state index in [4.69, 9.17) is 10.5 Å². The fraction of sp³-hybridized carbons (Fsp3) is 0.303. The summed E-state index contributed by atoms with van der Waals surface area (Å²) in [6.45, 7) is 5.12. The van der Waals surface area contributed by atoms with Crippen LogP contribution < -0.4 is 10.5 Å². The number of nitrogens with one attached hydrogen (secondary N) is 1. The lowest BCUT2D eigenvalue weighted by Gasteiger charge is -2.33. The van der Waals surface area contributed by atoms with E-state index < -0.39 is 17.4 Å². The molecule has 5 aromatic rings. The number of anilines is 1. The number of ketones is 1. The van der Waals surface area contributed by atoms with Crippen molar-refractivity contribution in [1.82, 2.24) is 29.5 Å². The number of aliphatic hydroxyl groups excluding tert-OH is 1. The molecule has 0 bridgehead atoms. The number of likely N-dealkylation sites (tertiary alicyclic amines) is 1. The van der Waals surface area contributed by atoms with Crippen molar-refractivity contribution >= 4 is 22.5 Å². The Morgan fingerprint density at radius 2 is 1.98 bits per heavy atom. The van der Waals surface area contributed by atoms with Gasteiger partial charge in [-0.25, -0.2) is 18.4 Å². The number of hydrogen-bond donors (Lipinski definition) is 3. The number of nitrogens with zero attached hydrogens (tertiary/aromatic N) is 5. The number of hydrogen-bond acceptors (Lipinski definition) is 8. The molecule has 2 unspecified atom stereocenters. The first-order chi connectivity index (χ1) is 21.7. The standard InChI is InChI=1S/C33H33F2N7O3/c1-18-10-30(45-32-25(34)4-3-5-26(32)35)37-14-29(18)42-33(36)24(13-38-42)31(44)28-12-23-22-8-9-41(15-19(22)6-7-27(23)39-28)16-20-11-21(43)17-40(20)2/h3-7,10,12-14,20-21,39,43H,8-9,11,15-17,36H2,1-2H3. The summed E-state index contributed by atoms with van der Waals surface area (Å²) in [5, 5.41) is 15.4. The maximum Gasteiger partial charge on any atom is 0.219 e. The zero-order valence-corrected chi connectivity index (χ0v) is 24.9. The highest BCUT2D eigenvalue weighted by atomic mass is 19.1. The van der Waals surface area contributed by atoms with Crippen molar-refractivity contribution in [2.45, 2.75) is 38.5 Å². The molecule has 4 N–H and O–H groups in total. The van der Waals surface area contributed by atoms with Crippen LogP contribution in [0.25, 0.3) is 16.6 Å². The second-order valence-electron chi connectivity index (χ2n) is 12.0. The number of aliphatic hydroxyl groups is 1. The highest BCUT2D eigenvalue weighted by Crippen LogP contribution is 2.32. The van der Waals surface area contributed by atoms with Crippen LogP contribution in [-0.4, -0.2) is 79.3 Å². The van der Waals surface area contributed by atoms with E-state index in [9.17, 15) is 18.7 Å². The van der Waals surface area contributed by atoms with Crippen LogP contribution in [0.5, 0.6) is 11.6 Å². The number of aromatic amines is 1. The average Bonchev–Trinajstić information content (AvgIpc) is 3.71. The van der Waals surface area contributed by atoms with Crippen molar-refractivity contribution in [3.8, 4) is 17.3 Å². The second kappa shape index (κ2) is 11.4. The van der Waals surface area contributed by atoms with E-state index >= 15 is 0 Å². The number of aromatic nitrogens is 4. The molecule has 3 aromatic heterocycles. The second-order valence-corrected chi connectivity index (χ2v) is 12.0. The molecule has 12 heteroatoms. The number of H-pyrrole nitrogens is 1. The molecule has 0 saturated carbocycles. The van der Waals surface area contributed by atoms with E-state index in [-0.39, 0.29) is 29.1 Å². The highest BCUT2D eigenvalue weighted by molar-refractivity contribution is 6.12. The molecule has 232 valence electrons. The molecular weight excluding hydrogens is 580 g/mol. The number of benzene rings is 2. The van der Waals surface area contributed by atoms with Gasteiger partial charge in [0.05, 0.1) is 35.4 Å². The van der Waals surface area contributed by atoms with Gasteiger partial charge in [0.1, 0.15) is 5.82 Å². The average molecular weight is 614 g/mol. The summed E-state index contributed by atoms with van der Waals surface area (Å²) < 4.78 is 34.8. The molecule has 2 aliphatic heterocycles. The van der Waals surface area contributed by atoms with Gasteiger partial charge < -0.3 is 20.6 Å². The van der Waals surface area contributed by atoms with Gasteiger partial charge in [0, 0.05) is 49.2 Å². The Hall–Kier alpha value is -4.65. The number of fused-ring (bicyclic) bond motifs is 3. The number of β-amino-alcohol motifs (C(OH)–C–C–N with tert-alkyl or cyclic N) is 1. The molecular formula is C33H33F2N7O3. The van der Waals surface area contributed by atoms with Gasteiger partial charge in [-0.15, -0.1) is 0 Å². The van der Waals surface area contributed by atoms with Gasteiger partial charge in [-0.05, 0) is 67.8 Å². The van der Waals surface area contributed by atoms with Gasteiger partial charge in [-0.2, -0.15) is 5.10 Å². The van der Waals surface area contributed by atoms with E-state index in [2.05, 4.69) is 38.0 Å². The number of nitrogens with two attached hydrogens (primary N) is 1. The van der Waals surface area contributed by atoms with E-state index in [1.54, 1.807) is 6.92 Å². The molecule has 2 atom stereocenters. The van der Waals surface area contributed by atoms with Gasteiger partial charge in [0.15, 0.2) is 11.6 Å². The number of aryl methyl sites for hydroxylation is 1. The molecule has 0 aliphatic carbocycles. The van der Waals surface area contributed by atoms with Crippen LogP contribution in [-0.2, 0) is 13.0 Å². The van der Waals surface area contributed by atoms with Crippen molar-refractivity contribution in [2.24, 2.45) is 0 Å². The lowest BCUT2D eigenvalue weighted by atomic mass is 9.95. The summed E-state index contributed by atoms with van der Waals surface area (Å²) in [4.78, 5) is 25.8. The van der Waals surface area contributed by atoms with Gasteiger partial charge in [0.25, 0.3) is 0 Å². The number of para-hydroxylation sites is 1. The Labute approximate surface area is 258 Å². The van der Waals surface area contributed by atoms with Crippen molar-refractivity contribution < 1.29 is 23.4 Å². The molecule has 10 nitrogen and oxygen atoms in total. The molecule has 0 spiro atoms. The van der Waals surface area contributed by atoms with Crippen molar-refractivity contribution in [1.29, 1.82) is 0 Å². The number of halogens is 2. The van der Waals surface area contributed by atoms with E-state index in [0.29, 0.717) is 23.0 Å². The number of carbonyl (C=O) groups excluding carboxylic acids is 1. The summed E-state index contributed by atoms with van der Waals surface area (Å²) in [5.41, 5.74) is 11.6. The molecule has 7 rings (SSSR count). The number of ether oxygens (including phenoxy) is 1. The third-order valence-electron chi connectivity index (χ3n) is 8.93. The molecule has 5 heterocycles. The van der Waals surface area contributed by atoms with Crippen LogP contribution in [0.1, 0.15) is 39.2 Å². The molecule has 1 saturated heterocycles. The SMILES string of the molecule is Cc1cc(Oc2c(F)cccc2F)ncc1-n1ncc(C(=O)c2cc3c4c(ccc3[nH]2)CN(CC2CC(O)CN2C)CC4)c1N. The fourth-order valence-corrected chi connectivity index (χ4v) is 6.54. The summed E-state index contributed by atoms with van der Waals surface area (Å²) in [7, 11) is 2.07. The minimum absolute atomic E-state index is 0.00326. The Morgan fingerprint density at radius 1 is 1.18 bits per heavy atom. The number of pyridine rings is 1. The van der Waals surface area contributed by atoms with Gasteiger partial charge in [0.2, 0.25) is 17.4 Å². The first-order valence-corrected chi connectivity index (χ1v) is 14.9. The number of carbonyl (C=O) groups is 1. The van der Waals surface area contributed by atoms with Crippen LogP contribution in [0.3, 0.4) is 0 Å². The van der Waals surface area contributed by atoms with Crippen LogP contribution in [0.4, 0.5) is 14.6 Å². The zero-order chi connectivity index (χ0) is 31.4. The normalized spacial score (nSPS) is 18.9. The van der Waals surface area contributed by atoms with Crippen molar-refractivity contribution in [2.75, 3.05) is 32.4 Å². The fourth-order valence-electron chi connectivity index (χ4n) is 6.54. The third-order valence-corrected chi connectivity index (χ3v) is 8.93. The van der Waals surface area contributed by atoms with E-state index in [1.807, 2.05) is 12.1 Å². The summed E-state index contributed by atoms with van der Waals surface area (Å²) in [5.74, 6) is -2.38. The van der Waals surface area contributed by atoms with Gasteiger partial charge in [-0.3, -0.25) is 14.6 Å². The van der Waals surface area contributed by atoms with Crippen LogP contribution in [0.15, 0.2) is 54.9 Å². The Balaban J connectivity index is 1.10. The summed E-state index contributed by atoms with van der Waals surface area (Å²) in [6.07, 6.45) is 4.26. The maximum atomic E-state index is 14.0. The summed E-state index contributed by atoms with van der Waals surface area (Å²) >= 11 is 0. The topological polar surface area (TPSA) is 126 Å². The van der Waals surface area contributed by atoms with Crippen molar-refractivity contribution in [3.05, 3.63) is 94.4 Å². The van der Waals surface area contributed by atoms with Crippen LogP contribution in [0.2, 0.25) is 0 Å². The first-order valence-electron chi connectivity index (χ1n) is 14.9. The van der Waals surface area contributed by atoms with Crippen LogP contribution >= 0.6 is 0 Å². The molecule has 0 amide bonds. The van der Waals surface area contributed by atoms with Gasteiger partial charge >= 0.3 is 0 Å². The number of likely N-dealkylation sites (N-methyl/N-ethyl adjacent to an activating group) is 1. The quantitative estimate of drug-likeness (QED) is 0.231. The zero-order valence-electron chi connectivity index (χ0n) is 24.9. The van der Waals surface area contributed by atoms with E-state index in [0.717, 1.165) is 62.1 Å². The van der Waals surface area contributed by atoms with Crippen molar-refractivity contribution in [3.63, 3.8) is 0 Å².